The van der Waals surface area contributed by atoms with Gasteiger partial charge in [-0.15, -0.1) is 0 Å². The van der Waals surface area contributed by atoms with E-state index in [2.05, 4.69) is 17.2 Å². The third kappa shape index (κ3) is 2.77. The predicted octanol–water partition coefficient (Wildman–Crippen LogP) is 3.96. The van der Waals surface area contributed by atoms with Crippen molar-refractivity contribution in [1.82, 2.24) is 4.98 Å². The molecule has 0 spiro atoms. The van der Waals surface area contributed by atoms with E-state index in [9.17, 15) is 0 Å². The lowest BCUT2D eigenvalue weighted by Gasteiger charge is -2.12. The molecule has 0 fully saturated rings. The molecule has 0 saturated heterocycles. The van der Waals surface area contributed by atoms with Gasteiger partial charge in [-0.1, -0.05) is 23.7 Å². The first-order valence-electron chi connectivity index (χ1n) is 5.57. The maximum Gasteiger partial charge on any atom is 0.0640 e. The van der Waals surface area contributed by atoms with Gasteiger partial charge in [0.1, 0.15) is 0 Å². The maximum absolute atomic E-state index is 6.16. The average molecular weight is 247 g/mol. The van der Waals surface area contributed by atoms with Crippen molar-refractivity contribution in [1.29, 1.82) is 0 Å². The van der Waals surface area contributed by atoms with Crippen molar-refractivity contribution >= 4 is 17.3 Å². The molecule has 3 heteroatoms. The molecule has 2 rings (SSSR count). The van der Waals surface area contributed by atoms with Crippen molar-refractivity contribution in [2.24, 2.45) is 0 Å². The Morgan fingerprint density at radius 1 is 1.18 bits per heavy atom. The SMILES string of the molecule is Cc1ccncc1CNc1c(C)cccc1Cl. The van der Waals surface area contributed by atoms with Crippen LogP contribution in [0.15, 0.2) is 36.7 Å². The Kier molecular flexibility index (Phi) is 3.64. The number of hydrogen-bond acceptors (Lipinski definition) is 2. The van der Waals surface area contributed by atoms with Crippen LogP contribution in [0.3, 0.4) is 0 Å². The van der Waals surface area contributed by atoms with Gasteiger partial charge in [0.15, 0.2) is 0 Å². The highest BCUT2D eigenvalue weighted by molar-refractivity contribution is 6.33. The maximum atomic E-state index is 6.16. The molecule has 1 heterocycles. The Hall–Kier alpha value is -1.54. The van der Waals surface area contributed by atoms with Crippen LogP contribution < -0.4 is 5.32 Å². The summed E-state index contributed by atoms with van der Waals surface area (Å²) in [5.74, 6) is 0. The predicted molar refractivity (Wildman–Crippen MR) is 72.5 cm³/mol. The fraction of sp³-hybridized carbons (Fsp3) is 0.214. The van der Waals surface area contributed by atoms with Crippen LogP contribution >= 0.6 is 11.6 Å². The zero-order chi connectivity index (χ0) is 12.3. The first-order chi connectivity index (χ1) is 8.18. The first kappa shape index (κ1) is 11.9. The van der Waals surface area contributed by atoms with Crippen LogP contribution in [-0.4, -0.2) is 4.98 Å². The Balaban J connectivity index is 2.16. The van der Waals surface area contributed by atoms with E-state index in [0.717, 1.165) is 22.8 Å². The highest BCUT2D eigenvalue weighted by Gasteiger charge is 2.04. The Bertz CT molecular complexity index is 503. The number of aryl methyl sites for hydroxylation is 2. The number of rotatable bonds is 3. The first-order valence-corrected chi connectivity index (χ1v) is 5.95. The van der Waals surface area contributed by atoms with Crippen LogP contribution in [0.1, 0.15) is 16.7 Å². The molecule has 0 amide bonds. The van der Waals surface area contributed by atoms with Crippen molar-refractivity contribution in [3.63, 3.8) is 0 Å². The zero-order valence-corrected chi connectivity index (χ0v) is 10.8. The lowest BCUT2D eigenvalue weighted by Crippen LogP contribution is -2.03. The molecule has 0 saturated carbocycles. The molecule has 0 bridgehead atoms. The molecule has 2 nitrogen and oxygen atoms in total. The van der Waals surface area contributed by atoms with Gasteiger partial charge in [0.05, 0.1) is 10.7 Å². The molecule has 17 heavy (non-hydrogen) atoms. The third-order valence-electron chi connectivity index (χ3n) is 2.83. The minimum absolute atomic E-state index is 0.740. The zero-order valence-electron chi connectivity index (χ0n) is 10.00. The second kappa shape index (κ2) is 5.19. The fourth-order valence-corrected chi connectivity index (χ4v) is 2.01. The Morgan fingerprint density at radius 3 is 2.71 bits per heavy atom. The number of aromatic nitrogens is 1. The molecule has 88 valence electrons. The third-order valence-corrected chi connectivity index (χ3v) is 3.14. The molecule has 1 N–H and O–H groups in total. The normalized spacial score (nSPS) is 10.3. The van der Waals surface area contributed by atoms with Crippen LogP contribution in [0.4, 0.5) is 5.69 Å². The van der Waals surface area contributed by atoms with E-state index in [0.29, 0.717) is 0 Å². The summed E-state index contributed by atoms with van der Waals surface area (Å²) in [7, 11) is 0. The molecular weight excluding hydrogens is 232 g/mol. The molecule has 1 aromatic carbocycles. The number of benzene rings is 1. The lowest BCUT2D eigenvalue weighted by molar-refractivity contribution is 1.08. The molecular formula is C14H15ClN2. The highest BCUT2D eigenvalue weighted by atomic mass is 35.5. The summed E-state index contributed by atoms with van der Waals surface area (Å²) in [6.45, 7) is 4.87. The van der Waals surface area contributed by atoms with Gasteiger partial charge < -0.3 is 5.32 Å². The van der Waals surface area contributed by atoms with Gasteiger partial charge in [0.2, 0.25) is 0 Å². The molecule has 0 radical (unpaired) electrons. The Morgan fingerprint density at radius 2 is 2.00 bits per heavy atom. The van der Waals surface area contributed by atoms with Crippen LogP contribution in [0.5, 0.6) is 0 Å². The van der Waals surface area contributed by atoms with Gasteiger partial charge in [0.25, 0.3) is 0 Å². The molecule has 0 atom stereocenters. The van der Waals surface area contributed by atoms with Crippen LogP contribution in [0.2, 0.25) is 5.02 Å². The summed E-state index contributed by atoms with van der Waals surface area (Å²) in [4.78, 5) is 4.13. The standard InChI is InChI=1S/C14H15ClN2/c1-10-6-7-16-8-12(10)9-17-14-11(2)4-3-5-13(14)15/h3-8,17H,9H2,1-2H3. The molecule has 0 aliphatic heterocycles. The molecule has 2 aromatic rings. The van der Waals surface area contributed by atoms with E-state index in [-0.39, 0.29) is 0 Å². The van der Waals surface area contributed by atoms with Gasteiger partial charge in [-0.05, 0) is 42.7 Å². The van der Waals surface area contributed by atoms with Crippen LogP contribution in [0, 0.1) is 13.8 Å². The lowest BCUT2D eigenvalue weighted by atomic mass is 10.1. The minimum Gasteiger partial charge on any atom is -0.379 e. The van der Waals surface area contributed by atoms with Gasteiger partial charge in [-0.2, -0.15) is 0 Å². The highest BCUT2D eigenvalue weighted by Crippen LogP contribution is 2.25. The minimum atomic E-state index is 0.740. The monoisotopic (exact) mass is 246 g/mol. The van der Waals surface area contributed by atoms with Crippen LogP contribution in [0.25, 0.3) is 0 Å². The van der Waals surface area contributed by atoms with Crippen molar-refractivity contribution in [3.05, 3.63) is 58.4 Å². The van der Waals surface area contributed by atoms with Crippen molar-refractivity contribution in [2.45, 2.75) is 20.4 Å². The quantitative estimate of drug-likeness (QED) is 0.887. The number of pyridine rings is 1. The average Bonchev–Trinajstić information content (AvgIpc) is 2.30. The summed E-state index contributed by atoms with van der Waals surface area (Å²) < 4.78 is 0. The van der Waals surface area contributed by atoms with Crippen molar-refractivity contribution in [3.8, 4) is 0 Å². The van der Waals surface area contributed by atoms with Crippen molar-refractivity contribution in [2.75, 3.05) is 5.32 Å². The van der Waals surface area contributed by atoms with Gasteiger partial charge >= 0.3 is 0 Å². The fourth-order valence-electron chi connectivity index (χ4n) is 1.72. The topological polar surface area (TPSA) is 24.9 Å². The van der Waals surface area contributed by atoms with E-state index in [1.165, 1.54) is 11.1 Å². The summed E-state index contributed by atoms with van der Waals surface area (Å²) in [5, 5.41) is 4.12. The second-order valence-corrected chi connectivity index (χ2v) is 4.49. The Labute approximate surface area is 107 Å². The molecule has 0 aliphatic carbocycles. The number of nitrogens with one attached hydrogen (secondary N) is 1. The largest absolute Gasteiger partial charge is 0.379 e. The summed E-state index contributed by atoms with van der Waals surface area (Å²) in [6, 6.07) is 7.91. The van der Waals surface area contributed by atoms with E-state index < -0.39 is 0 Å². The van der Waals surface area contributed by atoms with E-state index in [1.807, 2.05) is 37.4 Å². The van der Waals surface area contributed by atoms with E-state index >= 15 is 0 Å². The van der Waals surface area contributed by atoms with Gasteiger partial charge in [-0.25, -0.2) is 0 Å². The second-order valence-electron chi connectivity index (χ2n) is 4.09. The van der Waals surface area contributed by atoms with Crippen LogP contribution in [-0.2, 0) is 6.54 Å². The number of hydrogen-bond donors (Lipinski definition) is 1. The van der Waals surface area contributed by atoms with Gasteiger partial charge in [0, 0.05) is 18.9 Å². The number of para-hydroxylation sites is 1. The van der Waals surface area contributed by atoms with Gasteiger partial charge in [-0.3, -0.25) is 4.98 Å². The van der Waals surface area contributed by atoms with E-state index in [1.54, 1.807) is 6.20 Å². The summed E-state index contributed by atoms with van der Waals surface area (Å²) in [5.41, 5.74) is 4.57. The smallest absolute Gasteiger partial charge is 0.0640 e. The molecule has 0 unspecified atom stereocenters. The number of anilines is 1. The summed E-state index contributed by atoms with van der Waals surface area (Å²) in [6.07, 6.45) is 3.69. The van der Waals surface area contributed by atoms with E-state index in [4.69, 9.17) is 11.6 Å². The summed E-state index contributed by atoms with van der Waals surface area (Å²) >= 11 is 6.16. The molecule has 1 aromatic heterocycles. The number of nitrogens with zero attached hydrogens (tertiary/aromatic N) is 1. The van der Waals surface area contributed by atoms with Crippen molar-refractivity contribution < 1.29 is 0 Å². The molecule has 0 aliphatic rings. The number of halogens is 1.